The van der Waals surface area contributed by atoms with Crippen LogP contribution in [-0.2, 0) is 0 Å². The van der Waals surface area contributed by atoms with Gasteiger partial charge in [-0.25, -0.2) is 4.98 Å². The minimum absolute atomic E-state index is 0.271. The van der Waals surface area contributed by atoms with E-state index in [1.807, 2.05) is 48.5 Å². The van der Waals surface area contributed by atoms with Gasteiger partial charge in [0, 0.05) is 16.5 Å². The normalized spacial score (nSPS) is 10.8. The third-order valence-electron chi connectivity index (χ3n) is 3.94. The highest BCUT2D eigenvalue weighted by Gasteiger charge is 2.08. The van der Waals surface area contributed by atoms with Crippen molar-refractivity contribution in [1.29, 1.82) is 0 Å². The van der Waals surface area contributed by atoms with Crippen LogP contribution in [0.2, 0.25) is 0 Å². The standard InChI is InChI=1S/C20H14N2O2/c23-18-11-9-13(10-12-19(18)24)21-20-14-5-1-3-7-16(14)22-17-8-4-2-6-15(17)20/h1-12H,(H,21,22)(H,23,24). The number of fused-ring (bicyclic) bond motifs is 2. The highest BCUT2D eigenvalue weighted by atomic mass is 16.3. The Morgan fingerprint density at radius 2 is 1.33 bits per heavy atom. The molecule has 0 bridgehead atoms. The molecule has 116 valence electrons. The molecule has 4 rings (SSSR count). The summed E-state index contributed by atoms with van der Waals surface area (Å²) < 4.78 is 0. The molecule has 0 unspecified atom stereocenters. The second kappa shape index (κ2) is 5.66. The van der Waals surface area contributed by atoms with Gasteiger partial charge in [-0.15, -0.1) is 0 Å². The molecular weight excluding hydrogens is 300 g/mol. The fourth-order valence-corrected chi connectivity index (χ4v) is 2.76. The maximum Gasteiger partial charge on any atom is 0.220 e. The van der Waals surface area contributed by atoms with E-state index in [9.17, 15) is 9.90 Å². The van der Waals surface area contributed by atoms with Gasteiger partial charge in [-0.3, -0.25) is 4.79 Å². The lowest BCUT2D eigenvalue weighted by Crippen LogP contribution is -1.94. The number of pyridine rings is 1. The lowest BCUT2D eigenvalue weighted by molar-refractivity contribution is 0.471. The summed E-state index contributed by atoms with van der Waals surface area (Å²) >= 11 is 0. The number of nitrogens with one attached hydrogen (secondary N) is 1. The lowest BCUT2D eigenvalue weighted by atomic mass is 10.1. The Hall–Kier alpha value is -3.40. The number of nitrogens with zero attached hydrogens (tertiary/aromatic N) is 1. The molecule has 0 aliphatic rings. The van der Waals surface area contributed by atoms with E-state index >= 15 is 0 Å². The van der Waals surface area contributed by atoms with Gasteiger partial charge in [0.05, 0.1) is 16.7 Å². The monoisotopic (exact) mass is 314 g/mol. The molecule has 0 saturated carbocycles. The number of para-hydroxylation sites is 2. The van der Waals surface area contributed by atoms with Gasteiger partial charge in [0.2, 0.25) is 5.43 Å². The minimum atomic E-state index is -0.410. The van der Waals surface area contributed by atoms with Gasteiger partial charge in [-0.1, -0.05) is 36.4 Å². The molecule has 4 aromatic rings. The summed E-state index contributed by atoms with van der Waals surface area (Å²) in [6.07, 6.45) is 0. The van der Waals surface area contributed by atoms with Gasteiger partial charge >= 0.3 is 0 Å². The molecule has 1 heterocycles. The van der Waals surface area contributed by atoms with Gasteiger partial charge in [0.15, 0.2) is 5.75 Å². The molecule has 2 N–H and O–H groups in total. The summed E-state index contributed by atoms with van der Waals surface area (Å²) in [4.78, 5) is 16.3. The van der Waals surface area contributed by atoms with E-state index in [-0.39, 0.29) is 5.75 Å². The van der Waals surface area contributed by atoms with E-state index in [0.717, 1.165) is 27.5 Å². The SMILES string of the molecule is O=c1ccc(Nc2c3ccccc3nc3ccccc23)ccc1O. The summed E-state index contributed by atoms with van der Waals surface area (Å²) in [7, 11) is 0. The van der Waals surface area contributed by atoms with E-state index < -0.39 is 5.43 Å². The van der Waals surface area contributed by atoms with Gasteiger partial charge < -0.3 is 10.4 Å². The molecule has 4 nitrogen and oxygen atoms in total. The molecule has 0 atom stereocenters. The quantitative estimate of drug-likeness (QED) is 0.544. The zero-order valence-corrected chi connectivity index (χ0v) is 12.7. The second-order valence-electron chi connectivity index (χ2n) is 5.52. The highest BCUT2D eigenvalue weighted by Crippen LogP contribution is 2.32. The van der Waals surface area contributed by atoms with Crippen molar-refractivity contribution in [2.75, 3.05) is 5.32 Å². The first kappa shape index (κ1) is 14.2. The van der Waals surface area contributed by atoms with Crippen LogP contribution in [0.3, 0.4) is 0 Å². The summed E-state index contributed by atoms with van der Waals surface area (Å²) in [5.41, 5.74) is 3.02. The minimum Gasteiger partial charge on any atom is -0.504 e. The number of benzene rings is 2. The number of aromatic hydroxyl groups is 1. The first-order chi connectivity index (χ1) is 11.7. The summed E-state index contributed by atoms with van der Waals surface area (Å²) in [5, 5.41) is 14.9. The fraction of sp³-hybridized carbons (Fsp3) is 0. The Bertz CT molecular complexity index is 1070. The average Bonchev–Trinajstić information content (AvgIpc) is 2.77. The Kier molecular flexibility index (Phi) is 3.35. The smallest absolute Gasteiger partial charge is 0.220 e. The number of anilines is 2. The third kappa shape index (κ3) is 2.44. The molecular formula is C20H14N2O2. The van der Waals surface area contributed by atoms with Crippen LogP contribution in [0.1, 0.15) is 0 Å². The van der Waals surface area contributed by atoms with Crippen molar-refractivity contribution in [2.45, 2.75) is 0 Å². The number of rotatable bonds is 2. The van der Waals surface area contributed by atoms with Crippen molar-refractivity contribution in [3.8, 4) is 5.75 Å². The molecule has 0 aliphatic carbocycles. The summed E-state index contributed by atoms with van der Waals surface area (Å²) in [6, 6.07) is 21.9. The molecule has 4 heteroatoms. The first-order valence-electron chi connectivity index (χ1n) is 7.60. The van der Waals surface area contributed by atoms with Crippen LogP contribution in [0.15, 0.2) is 77.6 Å². The molecule has 24 heavy (non-hydrogen) atoms. The van der Waals surface area contributed by atoms with Gasteiger partial charge in [0.1, 0.15) is 0 Å². The van der Waals surface area contributed by atoms with Crippen molar-refractivity contribution in [3.63, 3.8) is 0 Å². The van der Waals surface area contributed by atoms with Crippen LogP contribution >= 0.6 is 0 Å². The van der Waals surface area contributed by atoms with E-state index in [4.69, 9.17) is 4.98 Å². The van der Waals surface area contributed by atoms with Crippen LogP contribution in [0.4, 0.5) is 11.4 Å². The first-order valence-corrected chi connectivity index (χ1v) is 7.60. The van der Waals surface area contributed by atoms with Gasteiger partial charge in [-0.2, -0.15) is 0 Å². The molecule has 0 radical (unpaired) electrons. The Balaban J connectivity index is 1.97. The van der Waals surface area contributed by atoms with Crippen LogP contribution in [-0.4, -0.2) is 10.1 Å². The number of hydrogen-bond donors (Lipinski definition) is 2. The van der Waals surface area contributed by atoms with E-state index in [1.165, 1.54) is 12.1 Å². The maximum atomic E-state index is 11.6. The zero-order chi connectivity index (χ0) is 16.5. The third-order valence-corrected chi connectivity index (χ3v) is 3.94. The van der Waals surface area contributed by atoms with Crippen LogP contribution < -0.4 is 10.7 Å². The average molecular weight is 314 g/mol. The molecule has 0 fully saturated rings. The predicted octanol–water partition coefficient (Wildman–Crippen LogP) is 4.20. The van der Waals surface area contributed by atoms with Crippen molar-refractivity contribution >= 4 is 33.2 Å². The van der Waals surface area contributed by atoms with Crippen molar-refractivity contribution < 1.29 is 5.11 Å². The molecule has 0 saturated heterocycles. The maximum absolute atomic E-state index is 11.6. The lowest BCUT2D eigenvalue weighted by Gasteiger charge is -2.12. The highest BCUT2D eigenvalue weighted by molar-refractivity contribution is 6.08. The molecule has 0 spiro atoms. The van der Waals surface area contributed by atoms with Crippen molar-refractivity contribution in [3.05, 3.63) is 83.0 Å². The van der Waals surface area contributed by atoms with E-state index in [0.29, 0.717) is 5.69 Å². The Labute approximate surface area is 138 Å². The van der Waals surface area contributed by atoms with Crippen LogP contribution in [0.25, 0.3) is 21.8 Å². The van der Waals surface area contributed by atoms with Crippen LogP contribution in [0.5, 0.6) is 5.75 Å². The van der Waals surface area contributed by atoms with E-state index in [2.05, 4.69) is 5.32 Å². The molecule has 0 amide bonds. The van der Waals surface area contributed by atoms with Gasteiger partial charge in [0.25, 0.3) is 0 Å². The topological polar surface area (TPSA) is 62.2 Å². The largest absolute Gasteiger partial charge is 0.504 e. The van der Waals surface area contributed by atoms with Crippen LogP contribution in [0, 0.1) is 0 Å². The molecule has 3 aromatic carbocycles. The molecule has 1 aromatic heterocycles. The molecule has 0 aliphatic heterocycles. The Morgan fingerprint density at radius 1 is 0.750 bits per heavy atom. The Morgan fingerprint density at radius 3 is 2.00 bits per heavy atom. The number of hydrogen-bond acceptors (Lipinski definition) is 4. The van der Waals surface area contributed by atoms with Gasteiger partial charge in [-0.05, 0) is 36.4 Å². The zero-order valence-electron chi connectivity index (χ0n) is 12.7. The summed E-state index contributed by atoms with van der Waals surface area (Å²) in [5.74, 6) is -0.271. The predicted molar refractivity (Wildman–Crippen MR) is 96.9 cm³/mol. The second-order valence-corrected chi connectivity index (χ2v) is 5.52. The number of aromatic nitrogens is 1. The van der Waals surface area contributed by atoms with E-state index in [1.54, 1.807) is 12.1 Å². The summed E-state index contributed by atoms with van der Waals surface area (Å²) in [6.45, 7) is 0. The fourth-order valence-electron chi connectivity index (χ4n) is 2.76. The van der Waals surface area contributed by atoms with Crippen molar-refractivity contribution in [2.24, 2.45) is 0 Å². The van der Waals surface area contributed by atoms with Crippen molar-refractivity contribution in [1.82, 2.24) is 4.98 Å².